The number of halogens is 2. The van der Waals surface area contributed by atoms with Crippen molar-refractivity contribution < 1.29 is 18.9 Å². The molecule has 2 aliphatic carbocycles. The molecule has 6 nitrogen and oxygen atoms in total. The molecule has 8 heteroatoms. The highest BCUT2D eigenvalue weighted by Gasteiger charge is 2.24. The fourth-order valence-electron chi connectivity index (χ4n) is 5.93. The molecule has 0 fully saturated rings. The van der Waals surface area contributed by atoms with Gasteiger partial charge in [-0.1, -0.05) is 25.0 Å². The van der Waals surface area contributed by atoms with Crippen molar-refractivity contribution in [2.75, 3.05) is 41.5 Å². The molecule has 0 heterocycles. The molecule has 2 aromatic rings. The molecule has 0 amide bonds. The zero-order chi connectivity index (χ0) is 25.3. The van der Waals surface area contributed by atoms with Crippen molar-refractivity contribution in [2.24, 2.45) is 0 Å². The molecule has 2 unspecified atom stereocenters. The molecule has 0 aromatic heterocycles. The second-order valence-electron chi connectivity index (χ2n) is 10.1. The third-order valence-corrected chi connectivity index (χ3v) is 7.88. The zero-order valence-corrected chi connectivity index (χ0v) is 25.0. The van der Waals surface area contributed by atoms with Crippen LogP contribution in [-0.4, -0.2) is 53.6 Å². The Morgan fingerprint density at radius 3 is 1.39 bits per heavy atom. The molecule has 0 spiro atoms. The second kappa shape index (κ2) is 16.3. The highest BCUT2D eigenvalue weighted by molar-refractivity contribution is 5.85. The Bertz CT molecular complexity index is 925. The summed E-state index contributed by atoms with van der Waals surface area (Å²) in [6, 6.07) is 9.60. The summed E-state index contributed by atoms with van der Waals surface area (Å²) in [5.41, 5.74) is 5.43. The van der Waals surface area contributed by atoms with Gasteiger partial charge in [-0.25, -0.2) is 0 Å². The monoisotopic (exact) mass is 568 g/mol. The van der Waals surface area contributed by atoms with E-state index >= 15 is 0 Å². The van der Waals surface area contributed by atoms with Gasteiger partial charge in [-0.05, 0) is 87.7 Å². The summed E-state index contributed by atoms with van der Waals surface area (Å²) in [4.78, 5) is 0. The maximum absolute atomic E-state index is 5.63. The van der Waals surface area contributed by atoms with E-state index in [1.807, 2.05) is 12.1 Å². The van der Waals surface area contributed by atoms with Gasteiger partial charge in [0.1, 0.15) is 0 Å². The lowest BCUT2D eigenvalue weighted by atomic mass is 9.87. The van der Waals surface area contributed by atoms with Gasteiger partial charge in [0.05, 0.1) is 28.4 Å². The Labute approximate surface area is 241 Å². The van der Waals surface area contributed by atoms with E-state index in [0.717, 1.165) is 74.6 Å². The number of nitrogens with one attached hydrogen (secondary N) is 2. The zero-order valence-electron chi connectivity index (χ0n) is 23.4. The standard InChI is InChI=1S/C30H44N2O4.2ClH/c1-33-27-15-9-21-19-23(11-13-25(21)29(27)35-3)31-17-7-5-6-8-18-32-24-12-14-26-22(20-24)10-16-28(34-2)30(26)36-4;;/h9-10,15-16,23-24,31-32H,5-8,11-14,17-20H2,1-4H3;2*1H. The van der Waals surface area contributed by atoms with E-state index < -0.39 is 0 Å². The third-order valence-electron chi connectivity index (χ3n) is 7.88. The maximum Gasteiger partial charge on any atom is 0.164 e. The van der Waals surface area contributed by atoms with E-state index in [1.165, 1.54) is 47.9 Å². The predicted molar refractivity (Wildman–Crippen MR) is 160 cm³/mol. The molecule has 38 heavy (non-hydrogen) atoms. The van der Waals surface area contributed by atoms with Crippen molar-refractivity contribution in [3.05, 3.63) is 46.5 Å². The Morgan fingerprint density at radius 2 is 1.03 bits per heavy atom. The van der Waals surface area contributed by atoms with E-state index in [2.05, 4.69) is 22.8 Å². The summed E-state index contributed by atoms with van der Waals surface area (Å²) in [6.07, 6.45) is 11.6. The highest BCUT2D eigenvalue weighted by Crippen LogP contribution is 2.38. The van der Waals surface area contributed by atoms with Crippen LogP contribution in [0.3, 0.4) is 0 Å². The number of benzene rings is 2. The van der Waals surface area contributed by atoms with Crippen LogP contribution in [0.4, 0.5) is 0 Å². The molecule has 214 valence electrons. The van der Waals surface area contributed by atoms with Crippen LogP contribution in [0, 0.1) is 0 Å². The average Bonchev–Trinajstić information content (AvgIpc) is 2.92. The second-order valence-corrected chi connectivity index (χ2v) is 10.1. The minimum Gasteiger partial charge on any atom is -0.493 e. The molecular weight excluding hydrogens is 523 g/mol. The van der Waals surface area contributed by atoms with Gasteiger partial charge >= 0.3 is 0 Å². The van der Waals surface area contributed by atoms with E-state index in [9.17, 15) is 0 Å². The largest absolute Gasteiger partial charge is 0.493 e. The number of ether oxygens (including phenoxy) is 4. The van der Waals surface area contributed by atoms with Crippen molar-refractivity contribution >= 4 is 24.8 Å². The fraction of sp³-hybridized carbons (Fsp3) is 0.600. The lowest BCUT2D eigenvalue weighted by Gasteiger charge is -2.28. The van der Waals surface area contributed by atoms with Crippen LogP contribution in [0.25, 0.3) is 0 Å². The molecule has 2 aliphatic rings. The molecule has 0 saturated heterocycles. The van der Waals surface area contributed by atoms with E-state index in [1.54, 1.807) is 28.4 Å². The first-order valence-electron chi connectivity index (χ1n) is 13.6. The van der Waals surface area contributed by atoms with Gasteiger partial charge in [0.25, 0.3) is 0 Å². The molecular formula is C30H46Cl2N2O4. The lowest BCUT2D eigenvalue weighted by molar-refractivity contribution is 0.346. The summed E-state index contributed by atoms with van der Waals surface area (Å²) in [6.45, 7) is 2.21. The number of hydrogen-bond acceptors (Lipinski definition) is 6. The van der Waals surface area contributed by atoms with Crippen molar-refractivity contribution in [3.63, 3.8) is 0 Å². The lowest BCUT2D eigenvalue weighted by Crippen LogP contribution is -2.35. The number of rotatable bonds is 13. The molecule has 0 bridgehead atoms. The van der Waals surface area contributed by atoms with Crippen LogP contribution in [-0.2, 0) is 25.7 Å². The summed E-state index contributed by atoms with van der Waals surface area (Å²) < 4.78 is 22.2. The summed E-state index contributed by atoms with van der Waals surface area (Å²) in [5.74, 6) is 3.51. The Hall–Kier alpha value is -1.86. The topological polar surface area (TPSA) is 61.0 Å². The van der Waals surface area contributed by atoms with E-state index in [4.69, 9.17) is 18.9 Å². The normalized spacial score (nSPS) is 17.8. The minimum absolute atomic E-state index is 0. The first-order chi connectivity index (χ1) is 17.7. The Kier molecular flexibility index (Phi) is 13.9. The predicted octanol–water partition coefficient (Wildman–Crippen LogP) is 5.72. The first-order valence-corrected chi connectivity index (χ1v) is 13.6. The maximum atomic E-state index is 5.63. The average molecular weight is 570 g/mol. The van der Waals surface area contributed by atoms with Gasteiger partial charge in [0.15, 0.2) is 23.0 Å². The molecule has 2 aromatic carbocycles. The SMILES string of the molecule is COc1ccc2c(c1OC)CCC(NCCCCCCNC1CCc3c(ccc(OC)c3OC)C1)C2.Cl.Cl. The fourth-order valence-corrected chi connectivity index (χ4v) is 5.93. The van der Waals surface area contributed by atoms with Crippen molar-refractivity contribution in [1.82, 2.24) is 10.6 Å². The van der Waals surface area contributed by atoms with Crippen molar-refractivity contribution in [2.45, 2.75) is 76.3 Å². The van der Waals surface area contributed by atoms with E-state index in [-0.39, 0.29) is 24.8 Å². The minimum atomic E-state index is 0. The van der Waals surface area contributed by atoms with Gasteiger partial charge in [-0.15, -0.1) is 24.8 Å². The molecule has 2 N–H and O–H groups in total. The molecule has 4 rings (SSSR count). The van der Waals surface area contributed by atoms with E-state index in [0.29, 0.717) is 12.1 Å². The molecule has 0 saturated carbocycles. The first kappa shape index (κ1) is 32.4. The van der Waals surface area contributed by atoms with Crippen LogP contribution >= 0.6 is 24.8 Å². The van der Waals surface area contributed by atoms with Crippen LogP contribution in [0.1, 0.15) is 60.8 Å². The van der Waals surface area contributed by atoms with Gasteiger partial charge in [-0.3, -0.25) is 0 Å². The van der Waals surface area contributed by atoms with Crippen LogP contribution in [0.2, 0.25) is 0 Å². The smallest absolute Gasteiger partial charge is 0.164 e. The van der Waals surface area contributed by atoms with Crippen molar-refractivity contribution in [1.29, 1.82) is 0 Å². The third kappa shape index (κ3) is 7.84. The Balaban J connectivity index is 0.00000253. The number of methoxy groups -OCH3 is 4. The van der Waals surface area contributed by atoms with Crippen molar-refractivity contribution in [3.8, 4) is 23.0 Å². The van der Waals surface area contributed by atoms with Crippen LogP contribution < -0.4 is 29.6 Å². The summed E-state index contributed by atoms with van der Waals surface area (Å²) >= 11 is 0. The van der Waals surface area contributed by atoms with Gasteiger partial charge in [0, 0.05) is 23.2 Å². The Morgan fingerprint density at radius 1 is 0.605 bits per heavy atom. The van der Waals surface area contributed by atoms with Gasteiger partial charge in [0.2, 0.25) is 0 Å². The summed E-state index contributed by atoms with van der Waals surface area (Å²) in [5, 5.41) is 7.58. The van der Waals surface area contributed by atoms with Gasteiger partial charge in [-0.2, -0.15) is 0 Å². The number of unbranched alkanes of at least 4 members (excludes halogenated alkanes) is 3. The van der Waals surface area contributed by atoms with Gasteiger partial charge < -0.3 is 29.6 Å². The number of fused-ring (bicyclic) bond motifs is 2. The molecule has 0 radical (unpaired) electrons. The number of hydrogen-bond donors (Lipinski definition) is 2. The highest BCUT2D eigenvalue weighted by atomic mass is 35.5. The molecule has 0 aliphatic heterocycles. The summed E-state index contributed by atoms with van der Waals surface area (Å²) in [7, 11) is 6.89. The molecule has 2 atom stereocenters. The van der Waals surface area contributed by atoms with Crippen LogP contribution in [0.15, 0.2) is 24.3 Å². The van der Waals surface area contributed by atoms with Crippen LogP contribution in [0.5, 0.6) is 23.0 Å². The quantitative estimate of drug-likeness (QED) is 0.301.